The molecule has 1 heterocycles. The van der Waals surface area contributed by atoms with Crippen molar-refractivity contribution in [3.63, 3.8) is 0 Å². The molecule has 0 N–H and O–H groups in total. The molecule has 4 heteroatoms. The van der Waals surface area contributed by atoms with Crippen LogP contribution in [-0.2, 0) is 11.3 Å². The largest absolute Gasteiger partial charge is 0.497 e. The maximum Gasteiger partial charge on any atom is 0.239 e. The van der Waals surface area contributed by atoms with Gasteiger partial charge in [0.1, 0.15) is 5.75 Å². The number of amides is 1. The van der Waals surface area contributed by atoms with Crippen LogP contribution in [0.25, 0.3) is 0 Å². The molecule has 1 atom stereocenters. The summed E-state index contributed by atoms with van der Waals surface area (Å²) in [6.07, 6.45) is 3.53. The lowest BCUT2D eigenvalue weighted by Gasteiger charge is -2.32. The summed E-state index contributed by atoms with van der Waals surface area (Å²) in [6.45, 7) is 4.60. The van der Waals surface area contributed by atoms with Crippen LogP contribution in [0.4, 0.5) is 0 Å². The molecule has 21 heavy (non-hydrogen) atoms. The van der Waals surface area contributed by atoms with E-state index in [1.54, 1.807) is 7.11 Å². The Hall–Kier alpha value is -1.55. The van der Waals surface area contributed by atoms with Gasteiger partial charge in [-0.05, 0) is 50.9 Å². The fourth-order valence-electron chi connectivity index (χ4n) is 2.72. The highest BCUT2D eigenvalue weighted by molar-refractivity contribution is 5.81. The first-order chi connectivity index (χ1) is 10.1. The summed E-state index contributed by atoms with van der Waals surface area (Å²) in [5, 5.41) is 0. The Balaban J connectivity index is 1.91. The number of likely N-dealkylation sites (tertiary alicyclic amines) is 1. The smallest absolute Gasteiger partial charge is 0.239 e. The van der Waals surface area contributed by atoms with Crippen LogP contribution >= 0.6 is 0 Å². The van der Waals surface area contributed by atoms with Crippen molar-refractivity contribution in [1.29, 1.82) is 0 Å². The number of benzene rings is 1. The molecule has 1 unspecified atom stereocenters. The zero-order valence-corrected chi connectivity index (χ0v) is 13.3. The number of hydrogen-bond donors (Lipinski definition) is 0. The van der Waals surface area contributed by atoms with Crippen molar-refractivity contribution >= 4 is 5.91 Å². The molecule has 2 rings (SSSR count). The Labute approximate surface area is 127 Å². The summed E-state index contributed by atoms with van der Waals surface area (Å²) in [4.78, 5) is 16.6. The SMILES string of the molecule is COc1ccc(CN(C)C(C)C(=O)N2CCCCC2)cc1. The molecule has 1 aliphatic rings. The lowest BCUT2D eigenvalue weighted by atomic mass is 10.1. The van der Waals surface area contributed by atoms with E-state index in [9.17, 15) is 4.79 Å². The molecule has 0 radical (unpaired) electrons. The Morgan fingerprint density at radius 2 is 1.86 bits per heavy atom. The van der Waals surface area contributed by atoms with E-state index in [0.717, 1.165) is 38.2 Å². The summed E-state index contributed by atoms with van der Waals surface area (Å²) < 4.78 is 5.16. The van der Waals surface area contributed by atoms with Crippen molar-refractivity contribution in [2.75, 3.05) is 27.2 Å². The van der Waals surface area contributed by atoms with E-state index in [2.05, 4.69) is 4.90 Å². The Kier molecular flexibility index (Phi) is 5.62. The van der Waals surface area contributed by atoms with Gasteiger partial charge in [0.05, 0.1) is 13.2 Å². The van der Waals surface area contributed by atoms with E-state index in [1.165, 1.54) is 12.0 Å². The van der Waals surface area contributed by atoms with Crippen LogP contribution in [0.1, 0.15) is 31.7 Å². The quantitative estimate of drug-likeness (QED) is 0.835. The third-order valence-electron chi connectivity index (χ3n) is 4.28. The number of hydrogen-bond acceptors (Lipinski definition) is 3. The van der Waals surface area contributed by atoms with Gasteiger partial charge in [0.15, 0.2) is 0 Å². The molecule has 0 saturated carbocycles. The van der Waals surface area contributed by atoms with E-state index < -0.39 is 0 Å². The zero-order valence-electron chi connectivity index (χ0n) is 13.3. The molecule has 4 nitrogen and oxygen atoms in total. The average molecular weight is 290 g/mol. The van der Waals surface area contributed by atoms with Crippen molar-refractivity contribution in [1.82, 2.24) is 9.80 Å². The molecular weight excluding hydrogens is 264 g/mol. The number of rotatable bonds is 5. The van der Waals surface area contributed by atoms with Crippen molar-refractivity contribution in [2.24, 2.45) is 0 Å². The fourth-order valence-corrected chi connectivity index (χ4v) is 2.72. The van der Waals surface area contributed by atoms with Gasteiger partial charge in [-0.15, -0.1) is 0 Å². The van der Waals surface area contributed by atoms with Crippen LogP contribution in [0.3, 0.4) is 0 Å². The van der Waals surface area contributed by atoms with E-state index in [0.29, 0.717) is 0 Å². The molecular formula is C17H26N2O2. The molecule has 0 bridgehead atoms. The second-order valence-electron chi connectivity index (χ2n) is 5.83. The highest BCUT2D eigenvalue weighted by atomic mass is 16.5. The molecule has 1 aromatic carbocycles. The minimum Gasteiger partial charge on any atom is -0.497 e. The molecule has 1 saturated heterocycles. The predicted molar refractivity (Wildman–Crippen MR) is 84.4 cm³/mol. The third kappa shape index (κ3) is 4.21. The third-order valence-corrected chi connectivity index (χ3v) is 4.28. The van der Waals surface area contributed by atoms with Gasteiger partial charge in [-0.3, -0.25) is 9.69 Å². The molecule has 0 aromatic heterocycles. The molecule has 0 spiro atoms. The van der Waals surface area contributed by atoms with Crippen LogP contribution in [0.2, 0.25) is 0 Å². The number of methoxy groups -OCH3 is 1. The average Bonchev–Trinajstić information content (AvgIpc) is 2.55. The first-order valence-electron chi connectivity index (χ1n) is 7.74. The number of likely N-dealkylation sites (N-methyl/N-ethyl adjacent to an activating group) is 1. The molecule has 1 amide bonds. The number of ether oxygens (including phenoxy) is 1. The molecule has 1 aromatic rings. The normalized spacial score (nSPS) is 16.9. The van der Waals surface area contributed by atoms with Gasteiger partial charge >= 0.3 is 0 Å². The molecule has 1 fully saturated rings. The number of piperidine rings is 1. The lowest BCUT2D eigenvalue weighted by molar-refractivity contribution is -0.137. The Morgan fingerprint density at radius 1 is 1.24 bits per heavy atom. The van der Waals surface area contributed by atoms with Crippen molar-refractivity contribution in [3.8, 4) is 5.75 Å². The number of nitrogens with zero attached hydrogens (tertiary/aromatic N) is 2. The second kappa shape index (κ2) is 7.46. The van der Waals surface area contributed by atoms with Crippen LogP contribution in [0.15, 0.2) is 24.3 Å². The van der Waals surface area contributed by atoms with Gasteiger partial charge in [0.25, 0.3) is 0 Å². The van der Waals surface area contributed by atoms with Gasteiger partial charge in [0.2, 0.25) is 5.91 Å². The van der Waals surface area contributed by atoms with Crippen LogP contribution < -0.4 is 4.74 Å². The summed E-state index contributed by atoms with van der Waals surface area (Å²) in [5.41, 5.74) is 1.19. The van der Waals surface area contributed by atoms with Crippen LogP contribution in [0.5, 0.6) is 5.75 Å². The van der Waals surface area contributed by atoms with E-state index in [4.69, 9.17) is 4.74 Å². The highest BCUT2D eigenvalue weighted by Crippen LogP contribution is 2.15. The summed E-state index contributed by atoms with van der Waals surface area (Å²) >= 11 is 0. The van der Waals surface area contributed by atoms with E-state index in [1.807, 2.05) is 43.1 Å². The Morgan fingerprint density at radius 3 is 2.43 bits per heavy atom. The predicted octanol–water partition coefficient (Wildman–Crippen LogP) is 2.53. The maximum absolute atomic E-state index is 12.5. The van der Waals surface area contributed by atoms with Crippen LogP contribution in [-0.4, -0.2) is 49.0 Å². The van der Waals surface area contributed by atoms with Gasteiger partial charge in [-0.2, -0.15) is 0 Å². The minimum absolute atomic E-state index is 0.0785. The van der Waals surface area contributed by atoms with Gasteiger partial charge in [-0.1, -0.05) is 12.1 Å². The van der Waals surface area contributed by atoms with Gasteiger partial charge < -0.3 is 9.64 Å². The lowest BCUT2D eigenvalue weighted by Crippen LogP contribution is -2.47. The number of carbonyl (C=O) groups is 1. The standard InChI is InChI=1S/C17H26N2O2/c1-14(17(20)19-11-5-4-6-12-19)18(2)13-15-7-9-16(21-3)10-8-15/h7-10,14H,4-6,11-13H2,1-3H3. The monoisotopic (exact) mass is 290 g/mol. The highest BCUT2D eigenvalue weighted by Gasteiger charge is 2.24. The van der Waals surface area contributed by atoms with Crippen LogP contribution in [0, 0.1) is 0 Å². The first kappa shape index (κ1) is 15.8. The molecule has 116 valence electrons. The Bertz CT molecular complexity index is 452. The first-order valence-corrected chi connectivity index (χ1v) is 7.74. The maximum atomic E-state index is 12.5. The summed E-state index contributed by atoms with van der Waals surface area (Å²) in [6, 6.07) is 7.94. The van der Waals surface area contributed by atoms with Gasteiger partial charge in [-0.25, -0.2) is 0 Å². The summed E-state index contributed by atoms with van der Waals surface area (Å²) in [7, 11) is 3.68. The topological polar surface area (TPSA) is 32.8 Å². The molecule has 0 aliphatic carbocycles. The van der Waals surface area contributed by atoms with E-state index >= 15 is 0 Å². The van der Waals surface area contributed by atoms with Crippen molar-refractivity contribution in [3.05, 3.63) is 29.8 Å². The fraction of sp³-hybridized carbons (Fsp3) is 0.588. The second-order valence-corrected chi connectivity index (χ2v) is 5.83. The van der Waals surface area contributed by atoms with Crippen molar-refractivity contribution < 1.29 is 9.53 Å². The van der Waals surface area contributed by atoms with Gasteiger partial charge in [0, 0.05) is 19.6 Å². The minimum atomic E-state index is -0.0785. The van der Waals surface area contributed by atoms with Crippen molar-refractivity contribution in [2.45, 2.75) is 38.8 Å². The zero-order chi connectivity index (χ0) is 15.2. The summed E-state index contributed by atoms with van der Waals surface area (Å²) in [5.74, 6) is 1.12. The van der Waals surface area contributed by atoms with E-state index in [-0.39, 0.29) is 11.9 Å². The number of carbonyl (C=O) groups excluding carboxylic acids is 1. The molecule has 1 aliphatic heterocycles.